The van der Waals surface area contributed by atoms with Crippen molar-refractivity contribution in [1.82, 2.24) is 0 Å². The quantitative estimate of drug-likeness (QED) is 0.459. The highest BCUT2D eigenvalue weighted by Gasteiger charge is 2.29. The lowest BCUT2D eigenvalue weighted by atomic mass is 10.1. The van der Waals surface area contributed by atoms with Crippen molar-refractivity contribution in [1.29, 1.82) is 0 Å². The maximum atomic E-state index is 12.4. The van der Waals surface area contributed by atoms with E-state index in [0.717, 1.165) is 0 Å². The summed E-state index contributed by atoms with van der Waals surface area (Å²) in [6.45, 7) is 0. The molecule has 3 heteroatoms. The Labute approximate surface area is 56.1 Å². The van der Waals surface area contributed by atoms with Gasteiger partial charge in [-0.3, -0.25) is 4.21 Å². The first-order valence-corrected chi connectivity index (χ1v) is 4.09. The zero-order chi connectivity index (χ0) is 6.85. The molecular weight excluding hydrogens is 139 g/mol. The van der Waals surface area contributed by atoms with E-state index in [1.54, 1.807) is 0 Å². The molecule has 0 aromatic heterocycles. The molecule has 0 radical (unpaired) electrons. The molecule has 1 aliphatic rings. The van der Waals surface area contributed by atoms with Crippen LogP contribution in [0.2, 0.25) is 0 Å². The molecule has 1 aliphatic heterocycles. The Kier molecular flexibility index (Phi) is 1.87. The minimum Gasteiger partial charge on any atom is -0.257 e. The third-order valence-electron chi connectivity index (χ3n) is 1.36. The highest BCUT2D eigenvalue weighted by Crippen LogP contribution is 2.22. The summed E-state index contributed by atoms with van der Waals surface area (Å²) in [5.41, 5.74) is -1.17. The number of rotatable bonds is 0. The monoisotopic (exact) mass is 146 g/mol. The van der Waals surface area contributed by atoms with Crippen molar-refractivity contribution in [3.63, 3.8) is 0 Å². The molecule has 1 rings (SSSR count). The van der Waals surface area contributed by atoms with Crippen molar-refractivity contribution in [3.05, 3.63) is 0 Å². The van der Waals surface area contributed by atoms with Crippen LogP contribution in [0.5, 0.6) is 0 Å². The van der Waals surface area contributed by atoms with E-state index in [9.17, 15) is 8.60 Å². The zero-order valence-corrected chi connectivity index (χ0v) is 5.66. The van der Waals surface area contributed by atoms with Crippen molar-refractivity contribution >= 4 is 10.8 Å². The van der Waals surface area contributed by atoms with Crippen LogP contribution in [-0.4, -0.2) is 15.5 Å². The summed E-state index contributed by atoms with van der Waals surface area (Å²) in [7, 11) is -1.31. The lowest BCUT2D eigenvalue weighted by Gasteiger charge is -1.91. The third-order valence-corrected chi connectivity index (χ3v) is 2.85. The number of hydrogen-bond acceptors (Lipinski definition) is 1. The van der Waals surface area contributed by atoms with Gasteiger partial charge < -0.3 is 0 Å². The van der Waals surface area contributed by atoms with E-state index in [-0.39, 0.29) is 12.3 Å². The molecule has 0 N–H and O–H groups in total. The minimum atomic E-state index is -1.31. The van der Waals surface area contributed by atoms with Gasteiger partial charge in [-0.2, -0.15) is 0 Å². The van der Waals surface area contributed by atoms with Crippen molar-refractivity contribution in [3.8, 4) is 12.3 Å². The van der Waals surface area contributed by atoms with Crippen LogP contribution in [-0.2, 0) is 10.8 Å². The van der Waals surface area contributed by atoms with Crippen LogP contribution in [0.3, 0.4) is 0 Å². The van der Waals surface area contributed by atoms with Crippen molar-refractivity contribution in [2.24, 2.45) is 5.92 Å². The van der Waals surface area contributed by atoms with Gasteiger partial charge in [-0.15, -0.1) is 12.3 Å². The number of halogens is 1. The highest BCUT2D eigenvalue weighted by atomic mass is 32.2. The second-order valence-corrected chi connectivity index (χ2v) is 3.66. The van der Waals surface area contributed by atoms with E-state index in [1.165, 1.54) is 0 Å². The van der Waals surface area contributed by atoms with Crippen molar-refractivity contribution in [2.75, 3.05) is 5.75 Å². The Hall–Kier alpha value is -0.360. The van der Waals surface area contributed by atoms with Gasteiger partial charge in [-0.1, -0.05) is 0 Å². The van der Waals surface area contributed by atoms with E-state index in [1.807, 2.05) is 0 Å². The summed E-state index contributed by atoms with van der Waals surface area (Å²) >= 11 is 0. The normalized spacial score (nSPS) is 42.4. The van der Waals surface area contributed by atoms with E-state index in [0.29, 0.717) is 5.75 Å². The molecule has 0 bridgehead atoms. The molecule has 0 aromatic carbocycles. The van der Waals surface area contributed by atoms with Crippen LogP contribution in [0.25, 0.3) is 0 Å². The standard InChI is InChI=1S/C6H7FOS/c1-2-5-3-6(7)9(8)4-5/h1,5-6H,3-4H2. The predicted molar refractivity (Wildman–Crippen MR) is 34.8 cm³/mol. The number of alkyl halides is 1. The molecule has 0 aromatic rings. The fraction of sp³-hybridized carbons (Fsp3) is 0.667. The molecule has 0 amide bonds. The predicted octanol–water partition coefficient (Wildman–Crippen LogP) is 0.684. The summed E-state index contributed by atoms with van der Waals surface area (Å²) in [5, 5.41) is 0. The third kappa shape index (κ3) is 1.31. The lowest BCUT2D eigenvalue weighted by molar-refractivity contribution is 0.415. The van der Waals surface area contributed by atoms with Gasteiger partial charge in [0.25, 0.3) is 0 Å². The second-order valence-electron chi connectivity index (χ2n) is 2.06. The van der Waals surface area contributed by atoms with Gasteiger partial charge in [0.2, 0.25) is 0 Å². The fourth-order valence-electron chi connectivity index (χ4n) is 0.818. The molecule has 0 saturated carbocycles. The zero-order valence-electron chi connectivity index (χ0n) is 4.84. The largest absolute Gasteiger partial charge is 0.257 e. The molecule has 1 heterocycles. The maximum Gasteiger partial charge on any atom is 0.176 e. The highest BCUT2D eigenvalue weighted by molar-refractivity contribution is 7.85. The van der Waals surface area contributed by atoms with Crippen LogP contribution in [0.4, 0.5) is 4.39 Å². The Bertz CT molecular complexity index is 172. The first-order valence-electron chi connectivity index (χ1n) is 2.71. The Morgan fingerprint density at radius 2 is 2.44 bits per heavy atom. The van der Waals surface area contributed by atoms with Crippen molar-refractivity contribution < 1.29 is 8.60 Å². The average molecular weight is 146 g/mol. The first kappa shape index (κ1) is 6.76. The van der Waals surface area contributed by atoms with Gasteiger partial charge in [-0.25, -0.2) is 4.39 Å². The molecule has 50 valence electrons. The second kappa shape index (κ2) is 2.49. The van der Waals surface area contributed by atoms with E-state index < -0.39 is 16.3 Å². The van der Waals surface area contributed by atoms with Gasteiger partial charge in [0, 0.05) is 18.1 Å². The number of hydrogen-bond donors (Lipinski definition) is 0. The maximum absolute atomic E-state index is 12.4. The van der Waals surface area contributed by atoms with Crippen LogP contribution >= 0.6 is 0 Å². The topological polar surface area (TPSA) is 17.1 Å². The molecule has 9 heavy (non-hydrogen) atoms. The van der Waals surface area contributed by atoms with Gasteiger partial charge >= 0.3 is 0 Å². The molecule has 3 atom stereocenters. The Morgan fingerprint density at radius 3 is 2.67 bits per heavy atom. The summed E-state index contributed by atoms with van der Waals surface area (Å²) in [6, 6.07) is 0. The molecule has 1 nitrogen and oxygen atoms in total. The molecule has 3 unspecified atom stereocenters. The Balaban J connectivity index is 2.57. The van der Waals surface area contributed by atoms with E-state index in [2.05, 4.69) is 5.92 Å². The SMILES string of the molecule is C#CC1CC(F)S(=O)C1. The Morgan fingerprint density at radius 1 is 1.78 bits per heavy atom. The van der Waals surface area contributed by atoms with Crippen LogP contribution in [0.15, 0.2) is 0 Å². The molecule has 1 saturated heterocycles. The minimum absolute atomic E-state index is 0.0965. The van der Waals surface area contributed by atoms with Crippen LogP contribution in [0, 0.1) is 18.3 Å². The van der Waals surface area contributed by atoms with Crippen molar-refractivity contribution in [2.45, 2.75) is 11.9 Å². The van der Waals surface area contributed by atoms with Gasteiger partial charge in [0.1, 0.15) is 0 Å². The van der Waals surface area contributed by atoms with Gasteiger partial charge in [0.15, 0.2) is 5.50 Å². The summed E-state index contributed by atoms with van der Waals surface area (Å²) in [6.07, 6.45) is 5.29. The molecular formula is C6H7FOS. The lowest BCUT2D eigenvalue weighted by Crippen LogP contribution is -1.99. The summed E-state index contributed by atoms with van der Waals surface area (Å²) in [4.78, 5) is 0. The van der Waals surface area contributed by atoms with E-state index >= 15 is 0 Å². The van der Waals surface area contributed by atoms with E-state index in [4.69, 9.17) is 6.42 Å². The van der Waals surface area contributed by atoms with Gasteiger partial charge in [0.05, 0.1) is 10.8 Å². The van der Waals surface area contributed by atoms with Crippen LogP contribution < -0.4 is 0 Å². The molecule has 1 fully saturated rings. The van der Waals surface area contributed by atoms with Gasteiger partial charge in [-0.05, 0) is 0 Å². The summed E-state index contributed by atoms with van der Waals surface area (Å²) < 4.78 is 22.9. The smallest absolute Gasteiger partial charge is 0.176 e. The first-order chi connectivity index (χ1) is 4.24. The van der Waals surface area contributed by atoms with Crippen LogP contribution in [0.1, 0.15) is 6.42 Å². The molecule has 0 spiro atoms. The average Bonchev–Trinajstić information content (AvgIpc) is 2.13. The summed E-state index contributed by atoms with van der Waals surface area (Å²) in [5.74, 6) is 2.64. The molecule has 0 aliphatic carbocycles. The fourth-order valence-corrected chi connectivity index (χ4v) is 2.10. The number of terminal acetylenes is 1.